The molecule has 1 saturated carbocycles. The van der Waals surface area contributed by atoms with Crippen LogP contribution in [0.3, 0.4) is 0 Å². The summed E-state index contributed by atoms with van der Waals surface area (Å²) in [5.74, 6) is 1.98. The van der Waals surface area contributed by atoms with Gasteiger partial charge in [-0.3, -0.25) is 4.79 Å². The molecule has 31 heavy (non-hydrogen) atoms. The molecule has 1 atom stereocenters. The number of aromatic nitrogens is 4. The predicted molar refractivity (Wildman–Crippen MR) is 118 cm³/mol. The first kappa shape index (κ1) is 21.9. The number of carbonyl (C=O) groups is 1. The number of amides is 1. The summed E-state index contributed by atoms with van der Waals surface area (Å²) < 4.78 is 13.5. The Balaban J connectivity index is 1.39. The van der Waals surface area contributed by atoms with E-state index in [-0.39, 0.29) is 23.6 Å². The minimum Gasteiger partial charge on any atom is -0.490 e. The fourth-order valence-corrected chi connectivity index (χ4v) is 4.94. The van der Waals surface area contributed by atoms with Gasteiger partial charge in [0.05, 0.1) is 31.1 Å². The van der Waals surface area contributed by atoms with Crippen molar-refractivity contribution in [3.63, 3.8) is 0 Å². The van der Waals surface area contributed by atoms with E-state index >= 15 is 0 Å². The van der Waals surface area contributed by atoms with Gasteiger partial charge in [0, 0.05) is 6.42 Å². The molecule has 2 aliphatic rings. The Morgan fingerprint density at radius 2 is 1.94 bits per heavy atom. The van der Waals surface area contributed by atoms with Crippen LogP contribution in [0.2, 0.25) is 0 Å². The molecule has 4 rings (SSSR count). The minimum absolute atomic E-state index is 0.0333. The molecule has 1 aromatic heterocycles. The summed E-state index contributed by atoms with van der Waals surface area (Å²) >= 11 is 1.40. The fourth-order valence-electron chi connectivity index (χ4n) is 4.19. The van der Waals surface area contributed by atoms with Crippen LogP contribution in [0.4, 0.5) is 0 Å². The molecule has 1 fully saturated rings. The standard InChI is InChI=1S/C22H31N5O3S/c1-15(2)21(16-9-10-18-19(13-16)30-12-6-11-29-18)23-20(28)14-31-22-24-25-26-27(22)17-7-4-3-5-8-17/h9-10,13,15,17,21H,3-8,11-12,14H2,1-2H3,(H,23,28)/t21-/m0/s1. The van der Waals surface area contributed by atoms with Crippen molar-refractivity contribution in [2.45, 2.75) is 69.6 Å². The maximum atomic E-state index is 12.8. The molecule has 1 aliphatic carbocycles. The van der Waals surface area contributed by atoms with Crippen LogP contribution >= 0.6 is 11.8 Å². The second-order valence-corrected chi connectivity index (χ2v) is 9.47. The Morgan fingerprint density at radius 1 is 1.16 bits per heavy atom. The van der Waals surface area contributed by atoms with Crippen LogP contribution < -0.4 is 14.8 Å². The van der Waals surface area contributed by atoms with Gasteiger partial charge in [0.25, 0.3) is 0 Å². The minimum atomic E-state index is -0.111. The quantitative estimate of drug-likeness (QED) is 0.645. The third kappa shape index (κ3) is 5.50. The van der Waals surface area contributed by atoms with Gasteiger partial charge < -0.3 is 14.8 Å². The number of nitrogens with one attached hydrogen (secondary N) is 1. The largest absolute Gasteiger partial charge is 0.490 e. The monoisotopic (exact) mass is 445 g/mol. The van der Waals surface area contributed by atoms with Gasteiger partial charge in [-0.1, -0.05) is 50.9 Å². The molecule has 0 spiro atoms. The van der Waals surface area contributed by atoms with Gasteiger partial charge in [-0.15, -0.1) is 5.10 Å². The van der Waals surface area contributed by atoms with Crippen LogP contribution in [0.5, 0.6) is 11.5 Å². The molecule has 1 aromatic carbocycles. The smallest absolute Gasteiger partial charge is 0.230 e. The first-order chi connectivity index (χ1) is 15.1. The molecule has 2 aromatic rings. The zero-order valence-electron chi connectivity index (χ0n) is 18.2. The van der Waals surface area contributed by atoms with Crippen molar-refractivity contribution in [1.29, 1.82) is 0 Å². The number of hydrogen-bond acceptors (Lipinski definition) is 7. The Hall–Kier alpha value is -2.29. The van der Waals surface area contributed by atoms with E-state index < -0.39 is 0 Å². The number of benzene rings is 1. The van der Waals surface area contributed by atoms with E-state index in [1.54, 1.807) is 0 Å². The summed E-state index contributed by atoms with van der Waals surface area (Å²) in [5.41, 5.74) is 1.02. The fraction of sp³-hybridized carbons (Fsp3) is 0.636. The number of hydrogen-bond donors (Lipinski definition) is 1. The Morgan fingerprint density at radius 3 is 2.71 bits per heavy atom. The molecule has 1 aliphatic heterocycles. The predicted octanol–water partition coefficient (Wildman–Crippen LogP) is 3.95. The molecular weight excluding hydrogens is 414 g/mol. The molecule has 0 saturated heterocycles. The number of rotatable bonds is 7. The van der Waals surface area contributed by atoms with Crippen molar-refractivity contribution in [1.82, 2.24) is 25.5 Å². The van der Waals surface area contributed by atoms with Crippen molar-refractivity contribution >= 4 is 17.7 Å². The number of nitrogens with zero attached hydrogens (tertiary/aromatic N) is 4. The molecule has 9 heteroatoms. The Labute approximate surface area is 187 Å². The third-order valence-electron chi connectivity index (χ3n) is 5.83. The SMILES string of the molecule is CC(C)[C@H](NC(=O)CSc1nnnn1C1CCCCC1)c1ccc2c(c1)OCCCO2. The van der Waals surface area contributed by atoms with E-state index in [4.69, 9.17) is 9.47 Å². The van der Waals surface area contributed by atoms with Crippen molar-refractivity contribution < 1.29 is 14.3 Å². The highest BCUT2D eigenvalue weighted by Gasteiger charge is 2.23. The van der Waals surface area contributed by atoms with E-state index in [1.165, 1.54) is 31.0 Å². The molecule has 0 bridgehead atoms. The van der Waals surface area contributed by atoms with Crippen molar-refractivity contribution in [3.05, 3.63) is 23.8 Å². The van der Waals surface area contributed by atoms with Crippen molar-refractivity contribution in [3.8, 4) is 11.5 Å². The highest BCUT2D eigenvalue weighted by molar-refractivity contribution is 7.99. The molecule has 2 heterocycles. The topological polar surface area (TPSA) is 91.2 Å². The van der Waals surface area contributed by atoms with Gasteiger partial charge in [0.2, 0.25) is 11.1 Å². The average molecular weight is 446 g/mol. The molecule has 0 radical (unpaired) electrons. The van der Waals surface area contributed by atoms with Gasteiger partial charge in [0.1, 0.15) is 0 Å². The second-order valence-electron chi connectivity index (χ2n) is 8.53. The summed E-state index contributed by atoms with van der Waals surface area (Å²) in [5, 5.41) is 16.1. The van der Waals surface area contributed by atoms with Crippen molar-refractivity contribution in [2.75, 3.05) is 19.0 Å². The summed E-state index contributed by atoms with van der Waals surface area (Å²) in [7, 11) is 0. The third-order valence-corrected chi connectivity index (χ3v) is 6.76. The summed E-state index contributed by atoms with van der Waals surface area (Å²) in [6, 6.07) is 6.17. The summed E-state index contributed by atoms with van der Waals surface area (Å²) in [4.78, 5) is 12.8. The number of carbonyl (C=O) groups excluding carboxylic acids is 1. The molecular formula is C22H31N5O3S. The Bertz CT molecular complexity index is 882. The van der Waals surface area contributed by atoms with Crippen LogP contribution in [-0.4, -0.2) is 45.1 Å². The van der Waals surface area contributed by atoms with Gasteiger partial charge in [-0.05, 0) is 46.9 Å². The first-order valence-electron chi connectivity index (χ1n) is 11.2. The van der Waals surface area contributed by atoms with Crippen molar-refractivity contribution in [2.24, 2.45) is 5.92 Å². The zero-order chi connectivity index (χ0) is 21.6. The van der Waals surface area contributed by atoms with Crippen LogP contribution in [0, 0.1) is 5.92 Å². The van der Waals surface area contributed by atoms with Gasteiger partial charge in [0.15, 0.2) is 11.5 Å². The lowest BCUT2D eigenvalue weighted by atomic mass is 9.95. The van der Waals surface area contributed by atoms with Crippen LogP contribution in [0.25, 0.3) is 0 Å². The molecule has 168 valence electrons. The van der Waals surface area contributed by atoms with Crippen LogP contribution in [-0.2, 0) is 4.79 Å². The second kappa shape index (κ2) is 10.3. The number of thioether (sulfide) groups is 1. The highest BCUT2D eigenvalue weighted by atomic mass is 32.2. The molecule has 1 amide bonds. The number of tetrazole rings is 1. The highest BCUT2D eigenvalue weighted by Crippen LogP contribution is 2.34. The lowest BCUT2D eigenvalue weighted by molar-refractivity contribution is -0.119. The first-order valence-corrected chi connectivity index (χ1v) is 12.2. The van der Waals surface area contributed by atoms with E-state index in [2.05, 4.69) is 34.7 Å². The normalized spacial score (nSPS) is 17.9. The Kier molecular flexibility index (Phi) is 7.32. The maximum absolute atomic E-state index is 12.8. The maximum Gasteiger partial charge on any atom is 0.230 e. The van der Waals surface area contributed by atoms with E-state index in [1.807, 2.05) is 22.9 Å². The number of ether oxygens (including phenoxy) is 2. The lowest BCUT2D eigenvalue weighted by Gasteiger charge is -2.24. The molecule has 8 nitrogen and oxygen atoms in total. The van der Waals surface area contributed by atoms with Crippen LogP contribution in [0.1, 0.15) is 70.0 Å². The average Bonchev–Trinajstić information content (AvgIpc) is 3.13. The van der Waals surface area contributed by atoms with Gasteiger partial charge in [-0.25, -0.2) is 4.68 Å². The zero-order valence-corrected chi connectivity index (χ0v) is 19.1. The summed E-state index contributed by atoms with van der Waals surface area (Å²) in [6.45, 7) is 5.51. The molecule has 0 unspecified atom stereocenters. The molecule has 1 N–H and O–H groups in total. The van der Waals surface area contributed by atoms with E-state index in [0.29, 0.717) is 19.3 Å². The van der Waals surface area contributed by atoms with Crippen LogP contribution in [0.15, 0.2) is 23.4 Å². The summed E-state index contributed by atoms with van der Waals surface area (Å²) in [6.07, 6.45) is 6.77. The van der Waals surface area contributed by atoms with E-state index in [9.17, 15) is 4.79 Å². The van der Waals surface area contributed by atoms with E-state index in [0.717, 1.165) is 41.5 Å². The number of fused-ring (bicyclic) bond motifs is 1. The van der Waals surface area contributed by atoms with Gasteiger partial charge in [-0.2, -0.15) is 0 Å². The lowest BCUT2D eigenvalue weighted by Crippen LogP contribution is -2.33. The van der Waals surface area contributed by atoms with Gasteiger partial charge >= 0.3 is 0 Å².